The van der Waals surface area contributed by atoms with Crippen molar-refractivity contribution in [3.63, 3.8) is 0 Å². The Kier molecular flexibility index (Phi) is 2.35. The van der Waals surface area contributed by atoms with Crippen LogP contribution in [-0.4, -0.2) is 15.0 Å². The first kappa shape index (κ1) is 8.06. The predicted octanol–water partition coefficient (Wildman–Crippen LogP) is 2.20. The molecule has 7 heteroatoms. The molecule has 0 saturated carbocycles. The Morgan fingerprint density at radius 1 is 1.20 bits per heavy atom. The van der Waals surface area contributed by atoms with E-state index >= 15 is 0 Å². The third kappa shape index (κ3) is 1.51. The van der Waals surface area contributed by atoms with Gasteiger partial charge in [-0.25, -0.2) is 0 Å². The van der Waals surface area contributed by atoms with Crippen molar-refractivity contribution < 1.29 is 8.78 Å². The summed E-state index contributed by atoms with van der Waals surface area (Å²) in [5.41, 5.74) is 0. The second-order valence-corrected chi connectivity index (χ2v) is 2.88. The zero-order valence-corrected chi connectivity index (χ0v) is 7.60. The van der Waals surface area contributed by atoms with Crippen LogP contribution in [0.25, 0.3) is 0 Å². The van der Waals surface area contributed by atoms with Gasteiger partial charge < -0.3 is 0 Å². The van der Waals surface area contributed by atoms with E-state index in [1.165, 1.54) is 0 Å². The molecule has 1 rings (SSSR count). The molecule has 56 valence electrons. The van der Waals surface area contributed by atoms with Gasteiger partial charge in [-0.05, 0) is 31.9 Å². The molecule has 0 atom stereocenters. The highest BCUT2D eigenvalue weighted by Crippen LogP contribution is 2.19. The quantitative estimate of drug-likeness (QED) is 0.787. The third-order valence-corrected chi connectivity index (χ3v) is 2.33. The summed E-state index contributed by atoms with van der Waals surface area (Å²) in [6.07, 6.45) is 0. The van der Waals surface area contributed by atoms with Crippen molar-refractivity contribution in [2.45, 2.75) is 6.55 Å². The number of alkyl halides is 2. The fourth-order valence-electron chi connectivity index (χ4n) is 0.372. The molecule has 0 bridgehead atoms. The summed E-state index contributed by atoms with van der Waals surface area (Å²) in [6, 6.07) is 0. The smallest absolute Gasteiger partial charge is 0.182 e. The average molecular weight is 277 g/mol. The van der Waals surface area contributed by atoms with Gasteiger partial charge in [-0.3, -0.25) is 0 Å². The lowest BCUT2D eigenvalue weighted by Crippen LogP contribution is -2.01. The van der Waals surface area contributed by atoms with Gasteiger partial charge in [0, 0.05) is 0 Å². The van der Waals surface area contributed by atoms with Gasteiger partial charge in [-0.2, -0.15) is 8.78 Å². The highest BCUT2D eigenvalue weighted by Gasteiger charge is 2.11. The number of halogens is 4. The zero-order chi connectivity index (χ0) is 7.72. The van der Waals surface area contributed by atoms with Crippen LogP contribution < -0.4 is 0 Å². The van der Waals surface area contributed by atoms with Crippen LogP contribution in [-0.2, 0) is 0 Å². The van der Waals surface area contributed by atoms with E-state index in [4.69, 9.17) is 0 Å². The van der Waals surface area contributed by atoms with Crippen molar-refractivity contribution >= 4 is 31.9 Å². The van der Waals surface area contributed by atoms with E-state index < -0.39 is 6.55 Å². The van der Waals surface area contributed by atoms with E-state index in [2.05, 4.69) is 42.1 Å². The van der Waals surface area contributed by atoms with Crippen LogP contribution >= 0.6 is 31.9 Å². The summed E-state index contributed by atoms with van der Waals surface area (Å²) in [5.74, 6) is 0. The topological polar surface area (TPSA) is 30.7 Å². The van der Waals surface area contributed by atoms with Crippen LogP contribution in [0.5, 0.6) is 0 Å². The van der Waals surface area contributed by atoms with Gasteiger partial charge in [0.1, 0.15) is 0 Å². The van der Waals surface area contributed by atoms with Crippen molar-refractivity contribution in [3.8, 4) is 0 Å². The minimum Gasteiger partial charge on any atom is -0.182 e. The molecule has 3 nitrogen and oxygen atoms in total. The first-order valence-electron chi connectivity index (χ1n) is 2.17. The molecule has 0 amide bonds. The predicted molar refractivity (Wildman–Crippen MR) is 36.7 cm³/mol. The lowest BCUT2D eigenvalue weighted by molar-refractivity contribution is 0.0408. The average Bonchev–Trinajstić information content (AvgIpc) is 2.13. The molecule has 0 spiro atoms. The van der Waals surface area contributed by atoms with Crippen LogP contribution in [0.3, 0.4) is 0 Å². The number of rotatable bonds is 1. The SMILES string of the molecule is FC(F)n1nc(Br)c(Br)n1. The van der Waals surface area contributed by atoms with Crippen molar-refractivity contribution in [1.29, 1.82) is 0 Å². The van der Waals surface area contributed by atoms with E-state index in [0.717, 1.165) is 0 Å². The molecule has 0 N–H and O–H groups in total. The largest absolute Gasteiger partial charge is 0.348 e. The molecule has 10 heavy (non-hydrogen) atoms. The van der Waals surface area contributed by atoms with Crippen LogP contribution in [0.1, 0.15) is 6.55 Å². The fourth-order valence-corrected chi connectivity index (χ4v) is 0.856. The zero-order valence-electron chi connectivity index (χ0n) is 4.43. The van der Waals surface area contributed by atoms with Gasteiger partial charge in [-0.1, -0.05) is 0 Å². The van der Waals surface area contributed by atoms with Gasteiger partial charge in [-0.15, -0.1) is 15.0 Å². The molecule has 0 saturated heterocycles. The van der Waals surface area contributed by atoms with Gasteiger partial charge >= 0.3 is 6.55 Å². The molecule has 0 fully saturated rings. The Balaban J connectivity index is 2.98. The normalized spacial score (nSPS) is 10.9. The summed E-state index contributed by atoms with van der Waals surface area (Å²) in [4.78, 5) is 0.314. The summed E-state index contributed by atoms with van der Waals surface area (Å²) in [6.45, 7) is -2.69. The van der Waals surface area contributed by atoms with E-state index in [-0.39, 0.29) is 9.21 Å². The summed E-state index contributed by atoms with van der Waals surface area (Å²) < 4.78 is 24.1. The number of aromatic nitrogens is 3. The molecule has 0 radical (unpaired) electrons. The highest BCUT2D eigenvalue weighted by atomic mass is 79.9. The second kappa shape index (κ2) is 2.91. The summed E-state index contributed by atoms with van der Waals surface area (Å²) >= 11 is 5.82. The Hall–Kier alpha value is -0.0400. The summed E-state index contributed by atoms with van der Waals surface area (Å²) in [7, 11) is 0. The van der Waals surface area contributed by atoms with Gasteiger partial charge in [0.05, 0.1) is 0 Å². The first-order chi connectivity index (χ1) is 4.61. The molecule has 0 aliphatic carbocycles. The van der Waals surface area contributed by atoms with Crippen molar-refractivity contribution in [1.82, 2.24) is 15.0 Å². The first-order valence-corrected chi connectivity index (χ1v) is 3.76. The molecule has 0 aliphatic heterocycles. The monoisotopic (exact) mass is 275 g/mol. The Labute approximate surface area is 71.7 Å². The summed E-state index contributed by atoms with van der Waals surface area (Å²) in [5, 5.41) is 6.67. The lowest BCUT2D eigenvalue weighted by Gasteiger charge is -1.91. The van der Waals surface area contributed by atoms with E-state index in [1.807, 2.05) is 0 Å². The number of hydrogen-bond acceptors (Lipinski definition) is 2. The molecular weight excluding hydrogens is 276 g/mol. The van der Waals surface area contributed by atoms with Crippen LogP contribution in [0.2, 0.25) is 0 Å². The van der Waals surface area contributed by atoms with E-state index in [9.17, 15) is 8.78 Å². The Morgan fingerprint density at radius 3 is 1.80 bits per heavy atom. The lowest BCUT2D eigenvalue weighted by atomic mass is 11.0. The third-order valence-electron chi connectivity index (χ3n) is 0.725. The molecule has 1 aromatic rings. The number of nitrogens with zero attached hydrogens (tertiary/aromatic N) is 3. The maximum atomic E-state index is 11.8. The Morgan fingerprint density at radius 2 is 1.60 bits per heavy atom. The fraction of sp³-hybridized carbons (Fsp3) is 0.333. The van der Waals surface area contributed by atoms with Gasteiger partial charge in [0.15, 0.2) is 9.21 Å². The van der Waals surface area contributed by atoms with Crippen LogP contribution in [0.4, 0.5) is 8.78 Å². The highest BCUT2D eigenvalue weighted by molar-refractivity contribution is 9.13. The van der Waals surface area contributed by atoms with E-state index in [1.54, 1.807) is 0 Å². The van der Waals surface area contributed by atoms with Crippen molar-refractivity contribution in [2.24, 2.45) is 0 Å². The molecule has 1 aromatic heterocycles. The minimum atomic E-state index is -2.69. The molecule has 1 heterocycles. The maximum Gasteiger partial charge on any atom is 0.348 e. The number of hydrogen-bond donors (Lipinski definition) is 0. The van der Waals surface area contributed by atoms with Crippen molar-refractivity contribution in [3.05, 3.63) is 9.21 Å². The van der Waals surface area contributed by atoms with E-state index in [0.29, 0.717) is 4.80 Å². The Bertz CT molecular complexity index is 216. The molecular formula is C3HBr2F2N3. The molecule has 0 aliphatic rings. The van der Waals surface area contributed by atoms with Crippen LogP contribution in [0.15, 0.2) is 9.21 Å². The molecule has 0 unspecified atom stereocenters. The van der Waals surface area contributed by atoms with Crippen molar-refractivity contribution in [2.75, 3.05) is 0 Å². The minimum absolute atomic E-state index is 0.271. The maximum absolute atomic E-state index is 11.8. The van der Waals surface area contributed by atoms with Crippen LogP contribution in [0, 0.1) is 0 Å². The molecule has 0 aromatic carbocycles. The standard InChI is InChI=1S/C3HBr2F2N3/c4-1-2(5)9-10(8-1)3(6)7/h3H. The van der Waals surface area contributed by atoms with Gasteiger partial charge in [0.2, 0.25) is 0 Å². The van der Waals surface area contributed by atoms with Gasteiger partial charge in [0.25, 0.3) is 0 Å². The second-order valence-electron chi connectivity index (χ2n) is 1.38.